The molecule has 1 aliphatic rings. The van der Waals surface area contributed by atoms with Crippen molar-refractivity contribution in [1.82, 2.24) is 4.90 Å². The molecule has 0 aliphatic carbocycles. The lowest BCUT2D eigenvalue weighted by Crippen LogP contribution is -2.41. The van der Waals surface area contributed by atoms with E-state index in [1.54, 1.807) is 0 Å². The second kappa shape index (κ2) is 5.38. The Labute approximate surface area is 77.6 Å². The summed E-state index contributed by atoms with van der Waals surface area (Å²) in [7, 11) is 0. The Kier molecular flexibility index (Phi) is 4.40. The number of amides is 1. The molecule has 1 rings (SSSR count). The minimum Gasteiger partial charge on any atom is -0.370 e. The van der Waals surface area contributed by atoms with Crippen molar-refractivity contribution in [2.75, 3.05) is 32.2 Å². The van der Waals surface area contributed by atoms with Crippen LogP contribution in [-0.4, -0.2) is 43.0 Å². The molecule has 12 heavy (non-hydrogen) atoms. The van der Waals surface area contributed by atoms with E-state index in [1.807, 2.05) is 4.90 Å². The van der Waals surface area contributed by atoms with Gasteiger partial charge in [0.25, 0.3) is 0 Å². The summed E-state index contributed by atoms with van der Waals surface area (Å²) < 4.78 is 5.00. The number of morpholine rings is 1. The lowest BCUT2D eigenvalue weighted by atomic mass is 10.3. The number of hydrogen-bond donors (Lipinski definition) is 0. The molecule has 0 atom stereocenters. The normalized spacial score (nSPS) is 18.4. The Balaban J connectivity index is 2.16. The van der Waals surface area contributed by atoms with Gasteiger partial charge in [-0.1, -0.05) is 0 Å². The van der Waals surface area contributed by atoms with Gasteiger partial charge < -0.3 is 9.64 Å². The Morgan fingerprint density at radius 3 is 3.00 bits per heavy atom. The molecule has 0 radical (unpaired) electrons. The summed E-state index contributed by atoms with van der Waals surface area (Å²) in [6.07, 6.45) is 1.97. The molecule has 1 aliphatic heterocycles. The van der Waals surface area contributed by atoms with Crippen LogP contribution < -0.4 is 0 Å². The largest absolute Gasteiger partial charge is 0.370 e. The van der Waals surface area contributed by atoms with Crippen LogP contribution in [0, 0.1) is 0 Å². The van der Waals surface area contributed by atoms with Crippen molar-refractivity contribution in [3.63, 3.8) is 0 Å². The van der Waals surface area contributed by atoms with Gasteiger partial charge in [-0.05, 0) is 12.8 Å². The van der Waals surface area contributed by atoms with E-state index in [0.717, 1.165) is 25.9 Å². The van der Waals surface area contributed by atoms with Crippen LogP contribution in [-0.2, 0) is 9.53 Å². The van der Waals surface area contributed by atoms with Crippen molar-refractivity contribution in [1.29, 1.82) is 0 Å². The summed E-state index contributed by atoms with van der Waals surface area (Å²) in [5.41, 5.74) is 0. The molecule has 0 spiro atoms. The Bertz CT molecular complexity index is 152. The van der Waals surface area contributed by atoms with E-state index >= 15 is 0 Å². The van der Waals surface area contributed by atoms with E-state index in [1.165, 1.54) is 0 Å². The highest BCUT2D eigenvalue weighted by atomic mass is 35.5. The van der Waals surface area contributed by atoms with Crippen LogP contribution in [0.15, 0.2) is 0 Å². The summed E-state index contributed by atoms with van der Waals surface area (Å²) in [5, 5.41) is 0. The third-order valence-electron chi connectivity index (χ3n) is 1.90. The van der Waals surface area contributed by atoms with Crippen molar-refractivity contribution in [3.05, 3.63) is 0 Å². The summed E-state index contributed by atoms with van der Waals surface area (Å²) in [6.45, 7) is 2.49. The van der Waals surface area contributed by atoms with Gasteiger partial charge in [-0.3, -0.25) is 4.79 Å². The molecule has 1 heterocycles. The first-order valence-corrected chi connectivity index (χ1v) is 4.79. The molecule has 0 aromatic rings. The predicted molar refractivity (Wildman–Crippen MR) is 47.4 cm³/mol. The zero-order valence-electron chi connectivity index (χ0n) is 7.09. The average molecular weight is 192 g/mol. The zero-order valence-corrected chi connectivity index (χ0v) is 7.85. The molecule has 0 bridgehead atoms. The average Bonchev–Trinajstić information content (AvgIpc) is 2.09. The molecular formula is C8H14ClNO2. The minimum atomic E-state index is 0.107. The topological polar surface area (TPSA) is 29.5 Å². The summed E-state index contributed by atoms with van der Waals surface area (Å²) in [6, 6.07) is 0. The van der Waals surface area contributed by atoms with Gasteiger partial charge in [0.05, 0.1) is 6.61 Å². The lowest BCUT2D eigenvalue weighted by Gasteiger charge is -2.26. The second-order valence-corrected chi connectivity index (χ2v) is 3.21. The molecule has 0 aromatic carbocycles. The molecule has 0 aromatic heterocycles. The van der Waals surface area contributed by atoms with E-state index in [2.05, 4.69) is 0 Å². The number of alkyl halides is 1. The van der Waals surface area contributed by atoms with E-state index in [-0.39, 0.29) is 12.5 Å². The summed E-state index contributed by atoms with van der Waals surface area (Å²) in [4.78, 5) is 13.0. The Hall–Kier alpha value is -0.280. The monoisotopic (exact) mass is 191 g/mol. The first kappa shape index (κ1) is 9.81. The number of unbranched alkanes of at least 4 members (excludes halogenated alkanes) is 1. The SMILES string of the molecule is O=C1COCCN1CCCCCl. The maximum absolute atomic E-state index is 11.2. The Morgan fingerprint density at radius 1 is 1.50 bits per heavy atom. The van der Waals surface area contributed by atoms with Crippen molar-refractivity contribution in [2.45, 2.75) is 12.8 Å². The van der Waals surface area contributed by atoms with Crippen LogP contribution in [0.5, 0.6) is 0 Å². The fourth-order valence-electron chi connectivity index (χ4n) is 1.18. The number of ether oxygens (including phenoxy) is 1. The van der Waals surface area contributed by atoms with Gasteiger partial charge in [-0.15, -0.1) is 11.6 Å². The number of carbonyl (C=O) groups excluding carboxylic acids is 1. The third kappa shape index (κ3) is 2.99. The highest BCUT2D eigenvalue weighted by molar-refractivity contribution is 6.17. The quantitative estimate of drug-likeness (QED) is 0.488. The van der Waals surface area contributed by atoms with Crippen molar-refractivity contribution in [3.8, 4) is 0 Å². The van der Waals surface area contributed by atoms with Crippen LogP contribution in [0.3, 0.4) is 0 Å². The molecule has 0 N–H and O–H groups in total. The first-order valence-electron chi connectivity index (χ1n) is 4.26. The van der Waals surface area contributed by atoms with Crippen molar-refractivity contribution >= 4 is 17.5 Å². The minimum absolute atomic E-state index is 0.107. The van der Waals surface area contributed by atoms with Crippen LogP contribution in [0.1, 0.15) is 12.8 Å². The maximum Gasteiger partial charge on any atom is 0.248 e. The van der Waals surface area contributed by atoms with Crippen molar-refractivity contribution in [2.24, 2.45) is 0 Å². The van der Waals surface area contributed by atoms with Gasteiger partial charge in [0.1, 0.15) is 6.61 Å². The fourth-order valence-corrected chi connectivity index (χ4v) is 1.37. The zero-order chi connectivity index (χ0) is 8.81. The Morgan fingerprint density at radius 2 is 2.33 bits per heavy atom. The van der Waals surface area contributed by atoms with Crippen LogP contribution in [0.4, 0.5) is 0 Å². The van der Waals surface area contributed by atoms with E-state index in [4.69, 9.17) is 16.3 Å². The molecule has 1 saturated heterocycles. The highest BCUT2D eigenvalue weighted by Gasteiger charge is 2.17. The molecule has 1 amide bonds. The summed E-state index contributed by atoms with van der Waals surface area (Å²) >= 11 is 5.53. The van der Waals surface area contributed by atoms with Gasteiger partial charge in [-0.25, -0.2) is 0 Å². The van der Waals surface area contributed by atoms with E-state index in [9.17, 15) is 4.79 Å². The van der Waals surface area contributed by atoms with Crippen LogP contribution >= 0.6 is 11.6 Å². The number of halogens is 1. The molecule has 0 saturated carbocycles. The molecular weight excluding hydrogens is 178 g/mol. The standard InChI is InChI=1S/C8H14ClNO2/c9-3-1-2-4-10-5-6-12-7-8(10)11/h1-7H2. The first-order chi connectivity index (χ1) is 5.84. The van der Waals surface area contributed by atoms with Gasteiger partial charge in [-0.2, -0.15) is 0 Å². The van der Waals surface area contributed by atoms with Crippen LogP contribution in [0.25, 0.3) is 0 Å². The van der Waals surface area contributed by atoms with Gasteiger partial charge >= 0.3 is 0 Å². The van der Waals surface area contributed by atoms with Crippen LogP contribution in [0.2, 0.25) is 0 Å². The number of carbonyl (C=O) groups is 1. The maximum atomic E-state index is 11.2. The molecule has 4 heteroatoms. The second-order valence-electron chi connectivity index (χ2n) is 2.83. The van der Waals surface area contributed by atoms with Crippen molar-refractivity contribution < 1.29 is 9.53 Å². The third-order valence-corrected chi connectivity index (χ3v) is 2.16. The molecule has 1 fully saturated rings. The fraction of sp³-hybridized carbons (Fsp3) is 0.875. The van der Waals surface area contributed by atoms with Gasteiger partial charge in [0.2, 0.25) is 5.91 Å². The van der Waals surface area contributed by atoms with E-state index < -0.39 is 0 Å². The number of rotatable bonds is 4. The lowest BCUT2D eigenvalue weighted by molar-refractivity contribution is -0.142. The molecule has 70 valence electrons. The van der Waals surface area contributed by atoms with E-state index in [0.29, 0.717) is 12.5 Å². The van der Waals surface area contributed by atoms with Gasteiger partial charge in [0, 0.05) is 19.0 Å². The molecule has 3 nitrogen and oxygen atoms in total. The highest BCUT2D eigenvalue weighted by Crippen LogP contribution is 2.01. The number of nitrogens with zero attached hydrogens (tertiary/aromatic N) is 1. The smallest absolute Gasteiger partial charge is 0.248 e. The number of hydrogen-bond acceptors (Lipinski definition) is 2. The predicted octanol–water partition coefficient (Wildman–Crippen LogP) is 0.864. The van der Waals surface area contributed by atoms with Gasteiger partial charge in [0.15, 0.2) is 0 Å². The molecule has 0 unspecified atom stereocenters. The summed E-state index contributed by atoms with van der Waals surface area (Å²) in [5.74, 6) is 0.786.